The van der Waals surface area contributed by atoms with Gasteiger partial charge in [0.2, 0.25) is 5.60 Å². The van der Waals surface area contributed by atoms with Crippen LogP contribution in [0, 0.1) is 0 Å². The van der Waals surface area contributed by atoms with Crippen LogP contribution in [0.3, 0.4) is 0 Å². The summed E-state index contributed by atoms with van der Waals surface area (Å²) in [5.41, 5.74) is -0.762. The maximum atomic E-state index is 12.7. The molecule has 88 valence electrons. The van der Waals surface area contributed by atoms with E-state index < -0.39 is 11.8 Å². The van der Waals surface area contributed by atoms with E-state index in [0.717, 1.165) is 18.4 Å². The molecule has 4 heteroatoms. The van der Waals surface area contributed by atoms with Gasteiger partial charge in [0.25, 0.3) is 0 Å². The average molecular weight is 230 g/mol. The Morgan fingerprint density at radius 2 is 1.81 bits per heavy atom. The number of benzene rings is 1. The second-order valence-corrected chi connectivity index (χ2v) is 4.06. The summed E-state index contributed by atoms with van der Waals surface area (Å²) >= 11 is 0. The molecule has 1 aromatic carbocycles. The van der Waals surface area contributed by atoms with Crippen molar-refractivity contribution in [3.8, 4) is 0 Å². The molecule has 1 atom stereocenters. The number of aryl methyl sites for hydroxylation is 1. The van der Waals surface area contributed by atoms with Crippen molar-refractivity contribution in [3.05, 3.63) is 35.4 Å². The summed E-state index contributed by atoms with van der Waals surface area (Å²) in [7, 11) is 0. The van der Waals surface area contributed by atoms with Crippen LogP contribution in [0.1, 0.15) is 24.5 Å². The maximum absolute atomic E-state index is 12.7. The van der Waals surface area contributed by atoms with Gasteiger partial charge in [0, 0.05) is 0 Å². The van der Waals surface area contributed by atoms with E-state index in [1.807, 2.05) is 6.92 Å². The Labute approximate surface area is 92.2 Å². The summed E-state index contributed by atoms with van der Waals surface area (Å²) < 4.78 is 42.7. The number of hydrogen-bond acceptors (Lipinski definition) is 1. The molecular formula is C12H13F3O. The number of ether oxygens (including phenoxy) is 1. The van der Waals surface area contributed by atoms with Gasteiger partial charge in [-0.25, -0.2) is 0 Å². The molecule has 0 aliphatic carbocycles. The van der Waals surface area contributed by atoms with Gasteiger partial charge in [-0.1, -0.05) is 37.6 Å². The van der Waals surface area contributed by atoms with Crippen molar-refractivity contribution in [2.24, 2.45) is 0 Å². The lowest BCUT2D eigenvalue weighted by Crippen LogP contribution is -2.30. The van der Waals surface area contributed by atoms with Gasteiger partial charge in [0.15, 0.2) is 0 Å². The van der Waals surface area contributed by atoms with E-state index in [0.29, 0.717) is 0 Å². The largest absolute Gasteiger partial charge is 0.424 e. The molecule has 0 bridgehead atoms. The van der Waals surface area contributed by atoms with Crippen molar-refractivity contribution in [1.29, 1.82) is 0 Å². The van der Waals surface area contributed by atoms with Crippen molar-refractivity contribution in [3.63, 3.8) is 0 Å². The summed E-state index contributed by atoms with van der Waals surface area (Å²) in [5.74, 6) is 0. The molecule has 1 saturated heterocycles. The molecule has 1 aromatic rings. The SMILES string of the molecule is CCCc1ccc(C2(C(F)(F)F)CO2)cc1. The van der Waals surface area contributed by atoms with Crippen molar-refractivity contribution < 1.29 is 17.9 Å². The summed E-state index contributed by atoms with van der Waals surface area (Å²) in [6.45, 7) is 1.78. The van der Waals surface area contributed by atoms with Crippen LogP contribution < -0.4 is 0 Å². The topological polar surface area (TPSA) is 12.5 Å². The first-order valence-electron chi connectivity index (χ1n) is 5.30. The lowest BCUT2D eigenvalue weighted by molar-refractivity contribution is -0.187. The van der Waals surface area contributed by atoms with E-state index in [1.165, 1.54) is 12.1 Å². The first-order chi connectivity index (χ1) is 7.49. The maximum Gasteiger partial charge on any atom is 0.424 e. The molecule has 1 aliphatic heterocycles. The Morgan fingerprint density at radius 3 is 2.19 bits per heavy atom. The second kappa shape index (κ2) is 3.77. The van der Waals surface area contributed by atoms with E-state index in [4.69, 9.17) is 0 Å². The van der Waals surface area contributed by atoms with Crippen LogP contribution in [0.2, 0.25) is 0 Å². The van der Waals surface area contributed by atoms with Crippen LogP contribution in [0.25, 0.3) is 0 Å². The normalized spacial score (nSPS) is 24.5. The summed E-state index contributed by atoms with van der Waals surface area (Å²) in [5, 5.41) is 0. The highest BCUT2D eigenvalue weighted by atomic mass is 19.4. The zero-order chi connectivity index (χ0) is 11.8. The minimum absolute atomic E-state index is 0.208. The lowest BCUT2D eigenvalue weighted by Gasteiger charge is -2.16. The molecule has 0 N–H and O–H groups in total. The molecule has 0 saturated carbocycles. The van der Waals surface area contributed by atoms with E-state index in [2.05, 4.69) is 4.74 Å². The highest BCUT2D eigenvalue weighted by Crippen LogP contribution is 2.51. The Morgan fingerprint density at radius 1 is 1.25 bits per heavy atom. The van der Waals surface area contributed by atoms with Crippen molar-refractivity contribution in [2.45, 2.75) is 31.5 Å². The Balaban J connectivity index is 2.22. The third-order valence-electron chi connectivity index (χ3n) is 2.85. The molecule has 0 spiro atoms. The third-order valence-corrected chi connectivity index (χ3v) is 2.85. The molecule has 16 heavy (non-hydrogen) atoms. The third kappa shape index (κ3) is 1.82. The number of epoxide rings is 1. The quantitative estimate of drug-likeness (QED) is 0.725. The first kappa shape index (κ1) is 11.5. The summed E-state index contributed by atoms with van der Waals surface area (Å²) in [4.78, 5) is 0. The van der Waals surface area contributed by atoms with Crippen molar-refractivity contribution in [2.75, 3.05) is 6.61 Å². The molecule has 1 heterocycles. The van der Waals surface area contributed by atoms with Gasteiger partial charge >= 0.3 is 6.18 Å². The molecule has 1 nitrogen and oxygen atoms in total. The standard InChI is InChI=1S/C12H13F3O/c1-2-3-9-4-6-10(7-5-9)11(8-16-11)12(13,14)15/h4-7H,2-3,8H2,1H3. The fourth-order valence-corrected chi connectivity index (χ4v) is 1.80. The number of halogens is 3. The van der Waals surface area contributed by atoms with Gasteiger partial charge in [0.05, 0.1) is 6.61 Å². The van der Waals surface area contributed by atoms with Crippen LogP contribution >= 0.6 is 0 Å². The van der Waals surface area contributed by atoms with E-state index in [1.54, 1.807) is 12.1 Å². The predicted molar refractivity (Wildman–Crippen MR) is 54.1 cm³/mol. The van der Waals surface area contributed by atoms with Gasteiger partial charge in [0.1, 0.15) is 0 Å². The summed E-state index contributed by atoms with van der Waals surface area (Å²) in [6.07, 6.45) is -2.44. The molecule has 0 radical (unpaired) electrons. The number of hydrogen-bond donors (Lipinski definition) is 0. The molecular weight excluding hydrogens is 217 g/mol. The lowest BCUT2D eigenvalue weighted by atomic mass is 9.97. The monoisotopic (exact) mass is 230 g/mol. The highest BCUT2D eigenvalue weighted by Gasteiger charge is 2.66. The average Bonchev–Trinajstić information content (AvgIpc) is 2.99. The van der Waals surface area contributed by atoms with Crippen LogP contribution in [0.15, 0.2) is 24.3 Å². The van der Waals surface area contributed by atoms with E-state index in [-0.39, 0.29) is 12.2 Å². The molecule has 1 fully saturated rings. The number of rotatable bonds is 3. The smallest absolute Gasteiger partial charge is 0.355 e. The fraction of sp³-hybridized carbons (Fsp3) is 0.500. The Kier molecular flexibility index (Phi) is 2.70. The second-order valence-electron chi connectivity index (χ2n) is 4.06. The Bertz CT molecular complexity index is 363. The molecule has 1 aliphatic rings. The van der Waals surface area contributed by atoms with Crippen molar-refractivity contribution >= 4 is 0 Å². The zero-order valence-corrected chi connectivity index (χ0v) is 8.97. The van der Waals surface area contributed by atoms with Crippen molar-refractivity contribution in [1.82, 2.24) is 0 Å². The van der Waals surface area contributed by atoms with Gasteiger partial charge in [-0.2, -0.15) is 13.2 Å². The molecule has 2 rings (SSSR count). The molecule has 0 amide bonds. The number of alkyl halides is 3. The minimum atomic E-state index is -4.32. The molecule has 0 aromatic heterocycles. The van der Waals surface area contributed by atoms with E-state index in [9.17, 15) is 13.2 Å². The van der Waals surface area contributed by atoms with Gasteiger partial charge < -0.3 is 4.74 Å². The molecule has 1 unspecified atom stereocenters. The fourth-order valence-electron chi connectivity index (χ4n) is 1.80. The minimum Gasteiger partial charge on any atom is -0.355 e. The van der Waals surface area contributed by atoms with Gasteiger partial charge in [-0.15, -0.1) is 0 Å². The van der Waals surface area contributed by atoms with Gasteiger partial charge in [-0.3, -0.25) is 0 Å². The Hall–Kier alpha value is -1.03. The van der Waals surface area contributed by atoms with Crippen LogP contribution in [-0.2, 0) is 16.8 Å². The first-order valence-corrected chi connectivity index (χ1v) is 5.30. The van der Waals surface area contributed by atoms with E-state index >= 15 is 0 Å². The highest BCUT2D eigenvalue weighted by molar-refractivity contribution is 5.32. The van der Waals surface area contributed by atoms with Crippen LogP contribution in [-0.4, -0.2) is 12.8 Å². The predicted octanol–water partition coefficient (Wildman–Crippen LogP) is 3.43. The van der Waals surface area contributed by atoms with Crippen LogP contribution in [0.4, 0.5) is 13.2 Å². The van der Waals surface area contributed by atoms with Crippen LogP contribution in [0.5, 0.6) is 0 Å². The summed E-state index contributed by atoms with van der Waals surface area (Å²) in [6, 6.07) is 6.53. The zero-order valence-electron chi connectivity index (χ0n) is 8.97. The van der Waals surface area contributed by atoms with Gasteiger partial charge in [-0.05, 0) is 17.5 Å².